The molecule has 0 aliphatic carbocycles. The molecule has 1 amide bonds. The van der Waals surface area contributed by atoms with Crippen LogP contribution in [0, 0.1) is 10.1 Å². The third kappa shape index (κ3) is 5.72. The first kappa shape index (κ1) is 24.1. The molecule has 0 spiro atoms. The Kier molecular flexibility index (Phi) is 7.51. The van der Waals surface area contributed by atoms with Crippen molar-refractivity contribution in [1.82, 2.24) is 0 Å². The van der Waals surface area contributed by atoms with Crippen molar-refractivity contribution in [2.75, 3.05) is 30.0 Å². The number of nitrogens with one attached hydrogen (secondary N) is 1. The highest BCUT2D eigenvalue weighted by atomic mass is 32.2. The minimum atomic E-state index is -0.671. The van der Waals surface area contributed by atoms with Crippen molar-refractivity contribution in [2.45, 2.75) is 23.1 Å². The summed E-state index contributed by atoms with van der Waals surface area (Å²) in [5.41, 5.74) is 1.70. The zero-order chi connectivity index (χ0) is 24.8. The Hall–Kier alpha value is -4.05. The van der Waals surface area contributed by atoms with Gasteiger partial charge in [0.15, 0.2) is 6.61 Å². The fourth-order valence-corrected chi connectivity index (χ4v) is 4.75. The van der Waals surface area contributed by atoms with Gasteiger partial charge in [0.2, 0.25) is 0 Å². The summed E-state index contributed by atoms with van der Waals surface area (Å²) in [6.45, 7) is 1.94. The Morgan fingerprint density at radius 2 is 1.69 bits per heavy atom. The van der Waals surface area contributed by atoms with Crippen molar-refractivity contribution in [2.24, 2.45) is 0 Å². The SMILES string of the molecule is CCOc1ccc(NC(=O)COC(=O)CCN2c3ccccc3Sc3ccccc32)c([N+](=O)[O-])c1. The van der Waals surface area contributed by atoms with Crippen molar-refractivity contribution in [1.29, 1.82) is 0 Å². The highest BCUT2D eigenvalue weighted by Gasteiger charge is 2.24. The van der Waals surface area contributed by atoms with E-state index in [1.807, 2.05) is 48.5 Å². The molecule has 0 bridgehead atoms. The minimum absolute atomic E-state index is 0.00136. The number of benzene rings is 3. The second-order valence-corrected chi connectivity index (χ2v) is 8.60. The highest BCUT2D eigenvalue weighted by molar-refractivity contribution is 7.99. The first-order valence-electron chi connectivity index (χ1n) is 11.0. The van der Waals surface area contributed by atoms with Gasteiger partial charge in [-0.3, -0.25) is 19.7 Å². The largest absolute Gasteiger partial charge is 0.494 e. The zero-order valence-corrected chi connectivity index (χ0v) is 19.7. The maximum Gasteiger partial charge on any atom is 0.308 e. The maximum absolute atomic E-state index is 12.4. The van der Waals surface area contributed by atoms with Gasteiger partial charge < -0.3 is 19.7 Å². The molecule has 0 unspecified atom stereocenters. The number of carbonyl (C=O) groups excluding carboxylic acids is 2. The molecule has 1 aliphatic rings. The molecular weight excluding hydrogens is 470 g/mol. The van der Waals surface area contributed by atoms with Crippen LogP contribution in [0.4, 0.5) is 22.7 Å². The number of nitro groups is 1. The van der Waals surface area contributed by atoms with Crippen LogP contribution >= 0.6 is 11.8 Å². The van der Waals surface area contributed by atoms with Gasteiger partial charge in [-0.25, -0.2) is 0 Å². The average Bonchev–Trinajstić information content (AvgIpc) is 2.86. The molecule has 10 heteroatoms. The lowest BCUT2D eigenvalue weighted by molar-refractivity contribution is -0.384. The van der Waals surface area contributed by atoms with E-state index in [1.165, 1.54) is 18.2 Å². The van der Waals surface area contributed by atoms with Crippen molar-refractivity contribution in [3.63, 3.8) is 0 Å². The number of ether oxygens (including phenoxy) is 2. The molecule has 0 fully saturated rings. The van der Waals surface area contributed by atoms with Crippen LogP contribution < -0.4 is 15.0 Å². The van der Waals surface area contributed by atoms with Gasteiger partial charge in [0.25, 0.3) is 11.6 Å². The number of nitrogens with zero attached hydrogens (tertiary/aromatic N) is 2. The number of anilines is 3. The molecule has 9 nitrogen and oxygen atoms in total. The summed E-state index contributed by atoms with van der Waals surface area (Å²) in [7, 11) is 0. The number of amides is 1. The molecule has 1 N–H and O–H groups in total. The summed E-state index contributed by atoms with van der Waals surface area (Å²) < 4.78 is 10.4. The van der Waals surface area contributed by atoms with Crippen LogP contribution in [0.5, 0.6) is 5.75 Å². The Bertz CT molecular complexity index is 1220. The van der Waals surface area contributed by atoms with Crippen LogP contribution in [-0.4, -0.2) is 36.6 Å². The summed E-state index contributed by atoms with van der Waals surface area (Å²) >= 11 is 1.68. The van der Waals surface area contributed by atoms with E-state index in [-0.39, 0.29) is 17.8 Å². The van der Waals surface area contributed by atoms with Crippen molar-refractivity contribution < 1.29 is 24.0 Å². The van der Waals surface area contributed by atoms with Gasteiger partial charge in [0.05, 0.1) is 35.4 Å². The Morgan fingerprint density at radius 3 is 2.31 bits per heavy atom. The smallest absolute Gasteiger partial charge is 0.308 e. The molecule has 0 aromatic heterocycles. The molecule has 35 heavy (non-hydrogen) atoms. The van der Waals surface area contributed by atoms with Gasteiger partial charge in [-0.2, -0.15) is 0 Å². The monoisotopic (exact) mass is 493 g/mol. The predicted molar refractivity (Wildman–Crippen MR) is 132 cm³/mol. The highest BCUT2D eigenvalue weighted by Crippen LogP contribution is 2.47. The number of esters is 1. The standard InChI is InChI=1S/C25H23N3O6S/c1-2-33-17-11-12-18(21(15-17)28(31)32)26-24(29)16-34-25(30)13-14-27-19-7-3-5-9-22(19)35-23-10-6-4-8-20(23)27/h3-12,15H,2,13-14,16H2,1H3,(H,26,29). The van der Waals surface area contributed by atoms with Gasteiger partial charge in [0.1, 0.15) is 11.4 Å². The molecule has 0 saturated carbocycles. The topological polar surface area (TPSA) is 111 Å². The van der Waals surface area contributed by atoms with Crippen LogP contribution in [0.1, 0.15) is 13.3 Å². The summed E-state index contributed by atoms with van der Waals surface area (Å²) in [6, 6.07) is 20.0. The number of para-hydroxylation sites is 2. The van der Waals surface area contributed by atoms with Gasteiger partial charge in [-0.1, -0.05) is 36.0 Å². The molecule has 1 aliphatic heterocycles. The molecule has 3 aromatic carbocycles. The summed E-state index contributed by atoms with van der Waals surface area (Å²) in [4.78, 5) is 39.7. The second-order valence-electron chi connectivity index (χ2n) is 7.52. The number of nitro benzene ring substituents is 1. The van der Waals surface area contributed by atoms with Crippen LogP contribution in [0.15, 0.2) is 76.5 Å². The maximum atomic E-state index is 12.4. The molecule has 1 heterocycles. The number of carbonyl (C=O) groups is 2. The average molecular weight is 494 g/mol. The Morgan fingerprint density at radius 1 is 1.03 bits per heavy atom. The first-order chi connectivity index (χ1) is 17.0. The zero-order valence-electron chi connectivity index (χ0n) is 18.9. The van der Waals surface area contributed by atoms with E-state index in [9.17, 15) is 19.7 Å². The van der Waals surface area contributed by atoms with E-state index >= 15 is 0 Å². The normalized spacial score (nSPS) is 11.7. The van der Waals surface area contributed by atoms with Gasteiger partial charge in [-0.15, -0.1) is 0 Å². The second kappa shape index (κ2) is 10.9. The van der Waals surface area contributed by atoms with Gasteiger partial charge in [0, 0.05) is 16.3 Å². The molecule has 3 aromatic rings. The molecule has 0 radical (unpaired) electrons. The van der Waals surface area contributed by atoms with Crippen LogP contribution in [-0.2, 0) is 14.3 Å². The van der Waals surface area contributed by atoms with E-state index in [1.54, 1.807) is 18.7 Å². The Labute approximate surface area is 206 Å². The Balaban J connectivity index is 1.35. The van der Waals surface area contributed by atoms with Crippen LogP contribution in [0.3, 0.4) is 0 Å². The molecule has 0 atom stereocenters. The number of rotatable bonds is 9. The van der Waals surface area contributed by atoms with Gasteiger partial charge >= 0.3 is 5.97 Å². The van der Waals surface area contributed by atoms with E-state index in [2.05, 4.69) is 10.2 Å². The summed E-state index contributed by atoms with van der Waals surface area (Å²) in [6.07, 6.45) is 0.0593. The van der Waals surface area contributed by atoms with Crippen molar-refractivity contribution >= 4 is 46.4 Å². The quantitative estimate of drug-likeness (QED) is 0.247. The number of hydrogen-bond acceptors (Lipinski definition) is 8. The molecule has 180 valence electrons. The summed E-state index contributed by atoms with van der Waals surface area (Å²) in [5, 5.41) is 13.8. The summed E-state index contributed by atoms with van der Waals surface area (Å²) in [5.74, 6) is -0.895. The number of hydrogen-bond donors (Lipinski definition) is 1. The predicted octanol–water partition coefficient (Wildman–Crippen LogP) is 5.17. The van der Waals surface area contributed by atoms with E-state index in [0.717, 1.165) is 21.2 Å². The fourth-order valence-electron chi connectivity index (χ4n) is 3.65. The van der Waals surface area contributed by atoms with Crippen LogP contribution in [0.2, 0.25) is 0 Å². The van der Waals surface area contributed by atoms with Gasteiger partial charge in [-0.05, 0) is 43.3 Å². The van der Waals surface area contributed by atoms with E-state index < -0.39 is 23.4 Å². The molecule has 4 rings (SSSR count). The van der Waals surface area contributed by atoms with E-state index in [4.69, 9.17) is 9.47 Å². The third-order valence-corrected chi connectivity index (χ3v) is 6.32. The third-order valence-electron chi connectivity index (χ3n) is 5.19. The lowest BCUT2D eigenvalue weighted by Crippen LogP contribution is -2.26. The lowest BCUT2D eigenvalue weighted by Gasteiger charge is -2.32. The first-order valence-corrected chi connectivity index (χ1v) is 11.8. The van der Waals surface area contributed by atoms with Crippen LogP contribution in [0.25, 0.3) is 0 Å². The molecule has 0 saturated heterocycles. The van der Waals surface area contributed by atoms with Crippen molar-refractivity contribution in [3.8, 4) is 5.75 Å². The fraction of sp³-hybridized carbons (Fsp3) is 0.200. The van der Waals surface area contributed by atoms with E-state index in [0.29, 0.717) is 18.9 Å². The van der Waals surface area contributed by atoms with Crippen molar-refractivity contribution in [3.05, 3.63) is 76.8 Å². The molecular formula is C25H23N3O6S. The minimum Gasteiger partial charge on any atom is -0.494 e. The number of fused-ring (bicyclic) bond motifs is 2. The lowest BCUT2D eigenvalue weighted by atomic mass is 10.2.